The fourth-order valence-corrected chi connectivity index (χ4v) is 3.43. The largest absolute Gasteiger partial charge is 0.381 e. The van der Waals surface area contributed by atoms with Crippen molar-refractivity contribution in [3.05, 3.63) is 84.2 Å². The highest BCUT2D eigenvalue weighted by atomic mass is 14.9. The Bertz CT molecular complexity index is 585. The molecule has 18 heavy (non-hydrogen) atoms. The Labute approximate surface area is 107 Å². The molecule has 0 saturated carbocycles. The molecule has 3 aliphatic carbocycles. The number of nitrogens with one attached hydrogen (secondary N) is 1. The Morgan fingerprint density at radius 2 is 1.89 bits per heavy atom. The average Bonchev–Trinajstić information content (AvgIpc) is 2.44. The van der Waals surface area contributed by atoms with Gasteiger partial charge in [0.25, 0.3) is 0 Å². The lowest BCUT2D eigenvalue weighted by molar-refractivity contribution is 0.427. The summed E-state index contributed by atoms with van der Waals surface area (Å²) in [7, 11) is 0. The Kier molecular flexibility index (Phi) is 1.93. The Balaban J connectivity index is 1.96. The van der Waals surface area contributed by atoms with E-state index in [1.807, 2.05) is 6.20 Å². The van der Waals surface area contributed by atoms with Crippen molar-refractivity contribution in [3.8, 4) is 0 Å². The van der Waals surface area contributed by atoms with E-state index in [4.69, 9.17) is 0 Å². The second-order valence-corrected chi connectivity index (χ2v) is 5.17. The van der Waals surface area contributed by atoms with Gasteiger partial charge in [0.05, 0.1) is 6.04 Å². The SMILES string of the molecule is C1=CNC2C=C3C=CC=CC34C=CC=CC4C2=C1. The summed E-state index contributed by atoms with van der Waals surface area (Å²) < 4.78 is 0. The van der Waals surface area contributed by atoms with E-state index in [1.165, 1.54) is 11.1 Å². The van der Waals surface area contributed by atoms with Crippen LogP contribution in [0.5, 0.6) is 0 Å². The number of hydrogen-bond acceptors (Lipinski definition) is 1. The second-order valence-electron chi connectivity index (χ2n) is 5.17. The van der Waals surface area contributed by atoms with Gasteiger partial charge in [-0.1, -0.05) is 60.8 Å². The molecule has 0 aromatic carbocycles. The summed E-state index contributed by atoms with van der Waals surface area (Å²) in [5, 5.41) is 3.44. The van der Waals surface area contributed by atoms with Crippen LogP contribution in [0.1, 0.15) is 0 Å². The topological polar surface area (TPSA) is 12.0 Å². The third kappa shape index (κ3) is 1.16. The molecule has 0 aromatic heterocycles. The first-order chi connectivity index (χ1) is 8.90. The van der Waals surface area contributed by atoms with Crippen molar-refractivity contribution in [2.45, 2.75) is 6.04 Å². The molecule has 1 N–H and O–H groups in total. The highest BCUT2D eigenvalue weighted by molar-refractivity contribution is 5.55. The van der Waals surface area contributed by atoms with E-state index in [9.17, 15) is 0 Å². The van der Waals surface area contributed by atoms with Crippen LogP contribution in [0.4, 0.5) is 0 Å². The zero-order valence-electron chi connectivity index (χ0n) is 10.1. The van der Waals surface area contributed by atoms with Crippen LogP contribution in [0.15, 0.2) is 84.2 Å². The summed E-state index contributed by atoms with van der Waals surface area (Å²) in [5.74, 6) is 0.436. The van der Waals surface area contributed by atoms with Crippen LogP contribution in [-0.2, 0) is 0 Å². The summed E-state index contributed by atoms with van der Waals surface area (Å²) in [6.45, 7) is 0. The van der Waals surface area contributed by atoms with Gasteiger partial charge in [-0.3, -0.25) is 0 Å². The van der Waals surface area contributed by atoms with Gasteiger partial charge in [0, 0.05) is 11.3 Å². The van der Waals surface area contributed by atoms with Crippen molar-refractivity contribution in [1.82, 2.24) is 5.32 Å². The van der Waals surface area contributed by atoms with Crippen LogP contribution >= 0.6 is 0 Å². The predicted molar refractivity (Wildman–Crippen MR) is 74.7 cm³/mol. The lowest BCUT2D eigenvalue weighted by atomic mass is 9.59. The highest BCUT2D eigenvalue weighted by Gasteiger charge is 2.44. The molecule has 0 saturated heterocycles. The summed E-state index contributed by atoms with van der Waals surface area (Å²) in [6, 6.07) is 0.343. The van der Waals surface area contributed by atoms with Crippen molar-refractivity contribution in [2.75, 3.05) is 0 Å². The first-order valence-electron chi connectivity index (χ1n) is 6.47. The minimum atomic E-state index is 0.0404. The number of rotatable bonds is 0. The summed E-state index contributed by atoms with van der Waals surface area (Å²) >= 11 is 0. The van der Waals surface area contributed by atoms with Gasteiger partial charge in [-0.25, -0.2) is 0 Å². The van der Waals surface area contributed by atoms with E-state index in [0.717, 1.165) is 0 Å². The maximum atomic E-state index is 3.44. The quantitative estimate of drug-likeness (QED) is 0.677. The van der Waals surface area contributed by atoms with Crippen LogP contribution in [0, 0.1) is 11.3 Å². The highest BCUT2D eigenvalue weighted by Crippen LogP contribution is 2.51. The van der Waals surface area contributed by atoms with Crippen LogP contribution in [0.3, 0.4) is 0 Å². The molecule has 88 valence electrons. The monoisotopic (exact) mass is 233 g/mol. The van der Waals surface area contributed by atoms with Gasteiger partial charge in [0.2, 0.25) is 0 Å². The minimum Gasteiger partial charge on any atom is -0.381 e. The minimum absolute atomic E-state index is 0.0404. The predicted octanol–water partition coefficient (Wildman–Crippen LogP) is 3.19. The van der Waals surface area contributed by atoms with E-state index >= 15 is 0 Å². The van der Waals surface area contributed by atoms with Crippen LogP contribution in [0.2, 0.25) is 0 Å². The van der Waals surface area contributed by atoms with Crippen molar-refractivity contribution >= 4 is 0 Å². The Hall–Kier alpha value is -2.02. The third-order valence-corrected chi connectivity index (χ3v) is 4.29. The lowest BCUT2D eigenvalue weighted by Gasteiger charge is -2.46. The first-order valence-corrected chi connectivity index (χ1v) is 6.47. The van der Waals surface area contributed by atoms with E-state index in [-0.39, 0.29) is 5.41 Å². The van der Waals surface area contributed by atoms with Crippen molar-refractivity contribution < 1.29 is 0 Å². The fourth-order valence-electron chi connectivity index (χ4n) is 3.43. The van der Waals surface area contributed by atoms with Gasteiger partial charge in [0.1, 0.15) is 0 Å². The van der Waals surface area contributed by atoms with Crippen LogP contribution < -0.4 is 5.32 Å². The smallest absolute Gasteiger partial charge is 0.0667 e. The number of allylic oxidation sites excluding steroid dienone is 11. The van der Waals surface area contributed by atoms with Gasteiger partial charge >= 0.3 is 0 Å². The Morgan fingerprint density at radius 3 is 2.83 bits per heavy atom. The zero-order chi connectivity index (χ0) is 12.0. The molecule has 1 aliphatic heterocycles. The molecule has 4 aliphatic rings. The molecule has 3 atom stereocenters. The Morgan fingerprint density at radius 1 is 1.00 bits per heavy atom. The third-order valence-electron chi connectivity index (χ3n) is 4.29. The molecule has 0 amide bonds. The molecular formula is C17H15N. The molecule has 1 spiro atoms. The van der Waals surface area contributed by atoms with Crippen molar-refractivity contribution in [2.24, 2.45) is 11.3 Å². The molecule has 1 heterocycles. The lowest BCUT2D eigenvalue weighted by Crippen LogP contribution is -2.43. The van der Waals surface area contributed by atoms with E-state index in [1.54, 1.807) is 0 Å². The van der Waals surface area contributed by atoms with E-state index in [2.05, 4.69) is 72.2 Å². The number of fused-ring (bicyclic) bond motifs is 2. The van der Waals surface area contributed by atoms with E-state index < -0.39 is 0 Å². The standard InChI is InChI=1S/C17H15N/c1-3-9-17-10-4-2-8-15(17)14-7-5-11-18-16(14)12-13(17)6-1/h1-12,15-16,18H. The number of dihydropyridines is 1. The molecule has 0 fully saturated rings. The van der Waals surface area contributed by atoms with Crippen LogP contribution in [0.25, 0.3) is 0 Å². The average molecular weight is 233 g/mol. The molecule has 0 bridgehead atoms. The molecule has 1 heteroatoms. The zero-order valence-corrected chi connectivity index (χ0v) is 10.1. The summed E-state index contributed by atoms with van der Waals surface area (Å²) in [5.41, 5.74) is 2.90. The number of hydrogen-bond donors (Lipinski definition) is 1. The normalized spacial score (nSPS) is 38.2. The van der Waals surface area contributed by atoms with Crippen molar-refractivity contribution in [1.29, 1.82) is 0 Å². The molecule has 0 radical (unpaired) electrons. The van der Waals surface area contributed by atoms with Gasteiger partial charge in [-0.05, 0) is 23.4 Å². The molecule has 4 rings (SSSR count). The van der Waals surface area contributed by atoms with Gasteiger partial charge < -0.3 is 5.32 Å². The maximum absolute atomic E-state index is 3.44. The van der Waals surface area contributed by atoms with E-state index in [0.29, 0.717) is 12.0 Å². The molecule has 0 aromatic rings. The van der Waals surface area contributed by atoms with Gasteiger partial charge in [-0.15, -0.1) is 0 Å². The van der Waals surface area contributed by atoms with Crippen molar-refractivity contribution in [3.63, 3.8) is 0 Å². The molecule has 1 nitrogen and oxygen atoms in total. The first kappa shape index (κ1) is 9.95. The maximum Gasteiger partial charge on any atom is 0.0667 e. The molecular weight excluding hydrogens is 218 g/mol. The van der Waals surface area contributed by atoms with Gasteiger partial charge in [0.15, 0.2) is 0 Å². The summed E-state index contributed by atoms with van der Waals surface area (Å²) in [6.07, 6.45) is 26.6. The van der Waals surface area contributed by atoms with Crippen LogP contribution in [-0.4, -0.2) is 6.04 Å². The second kappa shape index (κ2) is 3.49. The summed E-state index contributed by atoms with van der Waals surface area (Å²) in [4.78, 5) is 0. The van der Waals surface area contributed by atoms with Gasteiger partial charge in [-0.2, -0.15) is 0 Å². The molecule has 3 unspecified atom stereocenters. The fraction of sp³-hybridized carbons (Fsp3) is 0.176.